The van der Waals surface area contributed by atoms with E-state index in [1.165, 1.54) is 61.4 Å². The molecule has 0 spiro atoms. The smallest absolute Gasteiger partial charge is 0.137 e. The largest absolute Gasteiger partial charge is 0.457 e. The van der Waals surface area contributed by atoms with Gasteiger partial charge in [-0.1, -0.05) is 149 Å². The van der Waals surface area contributed by atoms with Gasteiger partial charge in [0.2, 0.25) is 0 Å². The normalized spacial score (nSPS) is 14.0. The summed E-state index contributed by atoms with van der Waals surface area (Å²) >= 11 is 0. The van der Waals surface area contributed by atoms with Crippen LogP contribution in [0.25, 0.3) is 38.8 Å². The van der Waals surface area contributed by atoms with E-state index in [4.69, 9.17) is 9.72 Å². The molecule has 0 N–H and O–H groups in total. The summed E-state index contributed by atoms with van der Waals surface area (Å²) < 4.78 is 9.41. The number of benzene rings is 6. The van der Waals surface area contributed by atoms with Gasteiger partial charge in [0.15, 0.2) is 0 Å². The standard InChI is InChI=1S/C61H66N4O/c1-40-41(2)64(39-63(40)49-32-46(59(6,7)8)31-47(33-49)60(9,10)11)50-34-48(61(12,13)44-22-18-15-19-23-44)35-52(37-50)66-51-25-26-53-54-30-43(42-20-16-14-17-21-42)24-27-55(54)65(56(53)38-51)57-36-45(28-29-62-57)58(3,4)5/h14-38H,39H2,1-13H3. The highest BCUT2D eigenvalue weighted by molar-refractivity contribution is 6.10. The number of ether oxygens (including phenoxy) is 1. The Bertz CT molecular complexity index is 3100. The van der Waals surface area contributed by atoms with Crippen LogP contribution < -0.4 is 14.5 Å². The summed E-state index contributed by atoms with van der Waals surface area (Å²) in [6.45, 7) is 30.5. The van der Waals surface area contributed by atoms with Crippen LogP contribution in [0.4, 0.5) is 11.4 Å². The van der Waals surface area contributed by atoms with Crippen molar-refractivity contribution in [3.05, 3.63) is 191 Å². The zero-order chi connectivity index (χ0) is 46.9. The molecule has 0 saturated heterocycles. The van der Waals surface area contributed by atoms with Crippen molar-refractivity contribution in [3.63, 3.8) is 0 Å². The maximum atomic E-state index is 7.11. The molecular weight excluding hydrogens is 805 g/mol. The topological polar surface area (TPSA) is 33.5 Å². The van der Waals surface area contributed by atoms with E-state index in [-0.39, 0.29) is 21.7 Å². The predicted molar refractivity (Wildman–Crippen MR) is 280 cm³/mol. The lowest BCUT2D eigenvalue weighted by Gasteiger charge is -2.31. The number of rotatable bonds is 8. The molecule has 2 aromatic heterocycles. The van der Waals surface area contributed by atoms with E-state index in [2.05, 4.69) is 250 Å². The number of aromatic nitrogens is 2. The highest BCUT2D eigenvalue weighted by Crippen LogP contribution is 2.44. The lowest BCUT2D eigenvalue weighted by molar-refractivity contribution is 0.480. The van der Waals surface area contributed by atoms with Gasteiger partial charge in [-0.2, -0.15) is 0 Å². The Morgan fingerprint density at radius 2 is 1.03 bits per heavy atom. The molecule has 336 valence electrons. The Labute approximate surface area is 393 Å². The maximum Gasteiger partial charge on any atom is 0.137 e. The van der Waals surface area contributed by atoms with Gasteiger partial charge in [-0.25, -0.2) is 4.98 Å². The number of nitrogens with zero attached hydrogens (tertiary/aromatic N) is 4. The maximum absolute atomic E-state index is 7.11. The van der Waals surface area contributed by atoms with Crippen molar-refractivity contribution >= 4 is 33.2 Å². The molecule has 0 atom stereocenters. The van der Waals surface area contributed by atoms with Crippen molar-refractivity contribution in [2.45, 2.75) is 112 Å². The second-order valence-electron chi connectivity index (χ2n) is 22.0. The summed E-state index contributed by atoms with van der Waals surface area (Å²) in [7, 11) is 0. The summed E-state index contributed by atoms with van der Waals surface area (Å²) in [4.78, 5) is 9.93. The molecule has 0 bridgehead atoms. The molecule has 0 amide bonds. The zero-order valence-electron chi connectivity index (χ0n) is 41.3. The average Bonchev–Trinajstić information content (AvgIpc) is 3.77. The van der Waals surface area contributed by atoms with E-state index in [0.717, 1.165) is 39.4 Å². The van der Waals surface area contributed by atoms with Crippen molar-refractivity contribution in [1.82, 2.24) is 9.55 Å². The third kappa shape index (κ3) is 8.41. The lowest BCUT2D eigenvalue weighted by atomic mass is 9.78. The summed E-state index contributed by atoms with van der Waals surface area (Å²) in [5.41, 5.74) is 15.4. The molecule has 66 heavy (non-hydrogen) atoms. The quantitative estimate of drug-likeness (QED) is 0.152. The molecule has 0 saturated carbocycles. The minimum absolute atomic E-state index is 0.0150. The van der Waals surface area contributed by atoms with Crippen LogP contribution >= 0.6 is 0 Å². The van der Waals surface area contributed by atoms with E-state index in [9.17, 15) is 0 Å². The van der Waals surface area contributed by atoms with Crippen molar-refractivity contribution in [2.75, 3.05) is 16.5 Å². The highest BCUT2D eigenvalue weighted by atomic mass is 16.5. The van der Waals surface area contributed by atoms with Gasteiger partial charge in [-0.3, -0.25) is 4.57 Å². The summed E-state index contributed by atoms with van der Waals surface area (Å²) in [6.07, 6.45) is 1.94. The fourth-order valence-electron chi connectivity index (χ4n) is 9.37. The Hall–Kier alpha value is -6.59. The van der Waals surface area contributed by atoms with Crippen LogP contribution in [0, 0.1) is 0 Å². The number of hydrogen-bond acceptors (Lipinski definition) is 4. The van der Waals surface area contributed by atoms with Crippen LogP contribution in [-0.2, 0) is 21.7 Å². The minimum atomic E-state index is -0.305. The molecule has 9 rings (SSSR count). The van der Waals surface area contributed by atoms with Gasteiger partial charge in [0.1, 0.15) is 17.3 Å². The first-order valence-electron chi connectivity index (χ1n) is 23.5. The van der Waals surface area contributed by atoms with E-state index in [1.807, 2.05) is 6.20 Å². The molecule has 0 fully saturated rings. The van der Waals surface area contributed by atoms with Crippen LogP contribution in [0.5, 0.6) is 11.5 Å². The Morgan fingerprint density at radius 3 is 1.65 bits per heavy atom. The van der Waals surface area contributed by atoms with E-state index in [0.29, 0.717) is 6.67 Å². The molecule has 5 nitrogen and oxygen atoms in total. The summed E-state index contributed by atoms with van der Waals surface area (Å²) in [6, 6.07) is 53.1. The fraction of sp³-hybridized carbons (Fsp3) is 0.295. The Kier molecular flexibility index (Phi) is 11.1. The average molecular weight is 871 g/mol. The molecule has 1 aliphatic rings. The first-order valence-corrected chi connectivity index (χ1v) is 23.5. The molecule has 8 aromatic rings. The number of anilines is 2. The molecule has 0 unspecified atom stereocenters. The second kappa shape index (κ2) is 16.4. The van der Waals surface area contributed by atoms with Crippen molar-refractivity contribution < 1.29 is 4.74 Å². The molecule has 3 heterocycles. The molecule has 0 aliphatic carbocycles. The van der Waals surface area contributed by atoms with Crippen molar-refractivity contribution in [2.24, 2.45) is 0 Å². The lowest BCUT2D eigenvalue weighted by Crippen LogP contribution is -2.28. The number of allylic oxidation sites excluding steroid dienone is 2. The molecule has 6 aromatic carbocycles. The van der Waals surface area contributed by atoms with E-state index >= 15 is 0 Å². The van der Waals surface area contributed by atoms with Gasteiger partial charge in [0, 0.05) is 57.3 Å². The van der Waals surface area contributed by atoms with E-state index < -0.39 is 0 Å². The number of fused-ring (bicyclic) bond motifs is 3. The summed E-state index contributed by atoms with van der Waals surface area (Å²) in [5, 5.41) is 2.32. The predicted octanol–water partition coefficient (Wildman–Crippen LogP) is 16.4. The van der Waals surface area contributed by atoms with E-state index in [1.54, 1.807) is 0 Å². The SMILES string of the molecule is CC1=C(C)N(c2cc(Oc3ccc4c5cc(-c6ccccc6)ccc5n(-c5cc(C(C)(C)C)ccn5)c4c3)cc(C(C)(C)c3ccccc3)c2)CN1c1cc(C(C)(C)C)cc(C(C)(C)C)c1. The second-order valence-corrected chi connectivity index (χ2v) is 22.0. The molecule has 5 heteroatoms. The van der Waals surface area contributed by atoms with Crippen molar-refractivity contribution in [3.8, 4) is 28.4 Å². The zero-order valence-corrected chi connectivity index (χ0v) is 41.3. The van der Waals surface area contributed by atoms with Crippen LogP contribution in [-0.4, -0.2) is 16.2 Å². The fourth-order valence-corrected chi connectivity index (χ4v) is 9.37. The summed E-state index contributed by atoms with van der Waals surface area (Å²) in [5.74, 6) is 2.45. The molecular formula is C61H66N4O. The van der Waals surface area contributed by atoms with Crippen LogP contribution in [0.15, 0.2) is 163 Å². The van der Waals surface area contributed by atoms with Gasteiger partial charge < -0.3 is 14.5 Å². The Balaban J connectivity index is 1.17. The van der Waals surface area contributed by atoms with Gasteiger partial charge >= 0.3 is 0 Å². The Morgan fingerprint density at radius 1 is 0.439 bits per heavy atom. The minimum Gasteiger partial charge on any atom is -0.457 e. The first-order chi connectivity index (χ1) is 31.2. The van der Waals surface area contributed by atoms with Gasteiger partial charge in [-0.05, 0) is 130 Å². The molecule has 0 radical (unpaired) electrons. The van der Waals surface area contributed by atoms with Crippen molar-refractivity contribution in [1.29, 1.82) is 0 Å². The third-order valence-electron chi connectivity index (χ3n) is 13.9. The monoisotopic (exact) mass is 871 g/mol. The van der Waals surface area contributed by atoms with Gasteiger partial charge in [-0.15, -0.1) is 0 Å². The first kappa shape index (κ1) is 44.6. The number of pyridine rings is 1. The molecule has 1 aliphatic heterocycles. The van der Waals surface area contributed by atoms with Crippen LogP contribution in [0.2, 0.25) is 0 Å². The van der Waals surface area contributed by atoms with Gasteiger partial charge in [0.25, 0.3) is 0 Å². The van der Waals surface area contributed by atoms with Gasteiger partial charge in [0.05, 0.1) is 17.7 Å². The number of hydrogen-bond donors (Lipinski definition) is 0. The van der Waals surface area contributed by atoms with Crippen LogP contribution in [0.3, 0.4) is 0 Å². The van der Waals surface area contributed by atoms with Crippen LogP contribution in [0.1, 0.15) is 118 Å². The third-order valence-corrected chi connectivity index (χ3v) is 13.9. The highest BCUT2D eigenvalue weighted by Gasteiger charge is 2.31.